The van der Waals surface area contributed by atoms with Gasteiger partial charge in [0.2, 0.25) is 0 Å². The van der Waals surface area contributed by atoms with Crippen molar-refractivity contribution in [3.63, 3.8) is 0 Å². The smallest absolute Gasteiger partial charge is 0.178 e. The molecule has 5 rings (SSSR count). The van der Waals surface area contributed by atoms with Crippen LogP contribution in [0.2, 0.25) is 5.02 Å². The second-order valence-corrected chi connectivity index (χ2v) is 10.00. The summed E-state index contributed by atoms with van der Waals surface area (Å²) in [5, 5.41) is 9.22. The van der Waals surface area contributed by atoms with Gasteiger partial charge in [0.15, 0.2) is 11.7 Å². The molecule has 0 aliphatic carbocycles. The largest absolute Gasteiger partial charge is 0.493 e. The van der Waals surface area contributed by atoms with E-state index in [2.05, 4.69) is 37.2 Å². The number of likely N-dealkylation sites (N-methyl/N-ethyl adjacent to an activating group) is 1. The standard InChI is InChI=1S/C26H26ClN7OS/c1-33(2)11-10-29-25(30-15-28)18-7-8-19-22(13-18)35-12-9-17-14-23(36-24(17)19)26-32-31-16-34(26)21-6-4-3-5-20(21)27/h3-8,13-16H,9-12H2,1-2H3,(H2,28,29,30). The lowest BCUT2D eigenvalue weighted by atomic mass is 10.0. The van der Waals surface area contributed by atoms with Gasteiger partial charge in [-0.25, -0.2) is 4.99 Å². The maximum Gasteiger partial charge on any atom is 0.178 e. The van der Waals surface area contributed by atoms with Crippen LogP contribution in [0.4, 0.5) is 0 Å². The first-order chi connectivity index (χ1) is 17.5. The summed E-state index contributed by atoms with van der Waals surface area (Å²) in [5.41, 5.74) is 9.57. The summed E-state index contributed by atoms with van der Waals surface area (Å²) in [4.78, 5) is 13.2. The second kappa shape index (κ2) is 10.6. The van der Waals surface area contributed by atoms with E-state index in [1.807, 2.05) is 55.1 Å². The Bertz CT molecular complexity index is 1440. The van der Waals surface area contributed by atoms with E-state index < -0.39 is 0 Å². The molecule has 2 aromatic heterocycles. The highest BCUT2D eigenvalue weighted by molar-refractivity contribution is 7.19. The van der Waals surface area contributed by atoms with Crippen LogP contribution in [0, 0.1) is 0 Å². The number of rotatable bonds is 6. The molecule has 184 valence electrons. The van der Waals surface area contributed by atoms with Gasteiger partial charge in [0.1, 0.15) is 12.1 Å². The van der Waals surface area contributed by atoms with Crippen molar-refractivity contribution in [2.45, 2.75) is 6.42 Å². The van der Waals surface area contributed by atoms with Crippen molar-refractivity contribution >= 4 is 35.1 Å². The molecule has 0 saturated carbocycles. The lowest BCUT2D eigenvalue weighted by Crippen LogP contribution is -2.16. The number of nitrogens with two attached hydrogens (primary N) is 1. The average Bonchev–Trinajstić information content (AvgIpc) is 3.47. The summed E-state index contributed by atoms with van der Waals surface area (Å²) in [6.07, 6.45) is 3.76. The van der Waals surface area contributed by atoms with Crippen molar-refractivity contribution in [2.24, 2.45) is 15.7 Å². The van der Waals surface area contributed by atoms with Crippen LogP contribution >= 0.6 is 22.9 Å². The third kappa shape index (κ3) is 4.90. The molecule has 0 amide bonds. The van der Waals surface area contributed by atoms with E-state index in [1.54, 1.807) is 17.7 Å². The number of thiophene rings is 1. The number of aromatic nitrogens is 3. The van der Waals surface area contributed by atoms with Crippen LogP contribution in [0.15, 0.2) is 64.8 Å². The summed E-state index contributed by atoms with van der Waals surface area (Å²) >= 11 is 8.13. The fraction of sp³-hybridized carbons (Fsp3) is 0.231. The van der Waals surface area contributed by atoms with Gasteiger partial charge in [-0.2, -0.15) is 0 Å². The molecular formula is C26H26ClN7OS. The van der Waals surface area contributed by atoms with Gasteiger partial charge in [-0.3, -0.25) is 9.56 Å². The zero-order chi connectivity index (χ0) is 25.1. The van der Waals surface area contributed by atoms with Crippen molar-refractivity contribution in [2.75, 3.05) is 33.8 Å². The lowest BCUT2D eigenvalue weighted by Gasteiger charge is -2.11. The quantitative estimate of drug-likeness (QED) is 0.298. The molecule has 36 heavy (non-hydrogen) atoms. The van der Waals surface area contributed by atoms with Gasteiger partial charge >= 0.3 is 0 Å². The van der Waals surface area contributed by atoms with E-state index >= 15 is 0 Å². The maximum absolute atomic E-state index is 6.46. The fourth-order valence-electron chi connectivity index (χ4n) is 4.05. The summed E-state index contributed by atoms with van der Waals surface area (Å²) in [6, 6.07) is 15.9. The minimum atomic E-state index is 0.574. The Balaban J connectivity index is 1.52. The molecule has 3 heterocycles. The van der Waals surface area contributed by atoms with Crippen LogP contribution in [0.25, 0.3) is 26.8 Å². The molecule has 0 fully saturated rings. The van der Waals surface area contributed by atoms with Crippen LogP contribution in [-0.2, 0) is 6.42 Å². The normalized spacial score (nSPS) is 13.5. The van der Waals surface area contributed by atoms with E-state index in [-0.39, 0.29) is 0 Å². The van der Waals surface area contributed by atoms with Crippen LogP contribution in [0.3, 0.4) is 0 Å². The Morgan fingerprint density at radius 2 is 2.11 bits per heavy atom. The summed E-state index contributed by atoms with van der Waals surface area (Å²) in [5.74, 6) is 2.16. The number of aliphatic imine (C=N–C) groups is 2. The highest BCUT2D eigenvalue weighted by atomic mass is 35.5. The predicted octanol–water partition coefficient (Wildman–Crippen LogP) is 4.55. The number of halogens is 1. The van der Waals surface area contributed by atoms with Crippen molar-refractivity contribution < 1.29 is 4.74 Å². The molecule has 2 aromatic carbocycles. The molecular weight excluding hydrogens is 494 g/mol. The SMILES string of the molecule is CN(C)CCN=C(N=CN)c1ccc2c(c1)OCCc1cc(-c3nncn3-c3ccccc3Cl)sc1-2. The van der Waals surface area contributed by atoms with Crippen molar-refractivity contribution in [3.05, 3.63) is 71.0 Å². The fourth-order valence-corrected chi connectivity index (χ4v) is 5.50. The first kappa shape index (κ1) is 24.2. The number of nitrogens with zero attached hydrogens (tertiary/aromatic N) is 6. The topological polar surface area (TPSA) is 93.9 Å². The number of fused-ring (bicyclic) bond motifs is 3. The molecule has 0 unspecified atom stereocenters. The Kier molecular flexibility index (Phi) is 7.13. The number of hydrogen-bond acceptors (Lipinski definition) is 6. The van der Waals surface area contributed by atoms with E-state index in [0.717, 1.165) is 51.1 Å². The molecule has 0 saturated heterocycles. The Morgan fingerprint density at radius 3 is 2.92 bits per heavy atom. The summed E-state index contributed by atoms with van der Waals surface area (Å²) in [7, 11) is 4.03. The number of amidine groups is 1. The third-order valence-electron chi connectivity index (χ3n) is 5.81. The highest BCUT2D eigenvalue weighted by Crippen LogP contribution is 2.44. The van der Waals surface area contributed by atoms with Crippen LogP contribution in [0.5, 0.6) is 5.75 Å². The zero-order valence-electron chi connectivity index (χ0n) is 20.1. The number of ether oxygens (including phenoxy) is 1. The molecule has 0 spiro atoms. The van der Waals surface area contributed by atoms with Gasteiger partial charge in [-0.15, -0.1) is 21.5 Å². The zero-order valence-corrected chi connectivity index (χ0v) is 21.6. The number of benzene rings is 2. The van der Waals surface area contributed by atoms with Gasteiger partial charge in [-0.1, -0.05) is 29.8 Å². The predicted molar refractivity (Wildman–Crippen MR) is 147 cm³/mol. The molecule has 10 heteroatoms. The molecule has 1 aliphatic heterocycles. The second-order valence-electron chi connectivity index (χ2n) is 8.54. The molecule has 4 aromatic rings. The Morgan fingerprint density at radius 1 is 1.25 bits per heavy atom. The first-order valence-corrected chi connectivity index (χ1v) is 12.7. The summed E-state index contributed by atoms with van der Waals surface area (Å²) in [6.45, 7) is 2.03. The Hall–Kier alpha value is -3.53. The third-order valence-corrected chi connectivity index (χ3v) is 7.33. The minimum Gasteiger partial charge on any atom is -0.493 e. The molecule has 8 nitrogen and oxygen atoms in total. The number of hydrogen-bond donors (Lipinski definition) is 1. The van der Waals surface area contributed by atoms with Crippen molar-refractivity contribution in [1.82, 2.24) is 19.7 Å². The van der Waals surface area contributed by atoms with Gasteiger partial charge in [0.25, 0.3) is 0 Å². The number of para-hydroxylation sites is 1. The van der Waals surface area contributed by atoms with E-state index in [0.29, 0.717) is 24.0 Å². The highest BCUT2D eigenvalue weighted by Gasteiger charge is 2.23. The van der Waals surface area contributed by atoms with Gasteiger partial charge < -0.3 is 15.4 Å². The minimum absolute atomic E-state index is 0.574. The van der Waals surface area contributed by atoms with Crippen LogP contribution in [-0.4, -0.2) is 65.6 Å². The van der Waals surface area contributed by atoms with Crippen molar-refractivity contribution in [1.29, 1.82) is 0 Å². The van der Waals surface area contributed by atoms with E-state index in [1.165, 1.54) is 11.9 Å². The summed E-state index contributed by atoms with van der Waals surface area (Å²) < 4.78 is 8.08. The monoisotopic (exact) mass is 519 g/mol. The van der Waals surface area contributed by atoms with Crippen LogP contribution in [0.1, 0.15) is 11.1 Å². The average molecular weight is 520 g/mol. The molecule has 0 bridgehead atoms. The van der Waals surface area contributed by atoms with E-state index in [4.69, 9.17) is 22.1 Å². The molecule has 0 atom stereocenters. The Labute approximate surface area is 218 Å². The molecule has 2 N–H and O–H groups in total. The van der Waals surface area contributed by atoms with Gasteiger partial charge in [-0.05, 0) is 50.0 Å². The molecule has 1 aliphatic rings. The van der Waals surface area contributed by atoms with Gasteiger partial charge in [0, 0.05) is 29.0 Å². The lowest BCUT2D eigenvalue weighted by molar-refractivity contribution is 0.326. The van der Waals surface area contributed by atoms with E-state index in [9.17, 15) is 0 Å². The first-order valence-electron chi connectivity index (χ1n) is 11.5. The maximum atomic E-state index is 6.46. The van der Waals surface area contributed by atoms with Crippen molar-refractivity contribution in [3.8, 4) is 32.6 Å². The van der Waals surface area contributed by atoms with Crippen LogP contribution < -0.4 is 10.5 Å². The van der Waals surface area contributed by atoms with Gasteiger partial charge in [0.05, 0.1) is 35.1 Å². The molecule has 0 radical (unpaired) electrons.